The molecule has 0 bridgehead atoms. The SMILES string of the molecule is C[N+](C)(CCOc1ccccc1)CC(=O)O. The number of quaternary nitrogens is 1. The molecular weight excluding hydrogens is 206 g/mol. The lowest BCUT2D eigenvalue weighted by molar-refractivity contribution is -0.883. The van der Waals surface area contributed by atoms with Gasteiger partial charge in [-0.15, -0.1) is 0 Å². The minimum absolute atomic E-state index is 0.109. The predicted molar refractivity (Wildman–Crippen MR) is 61.4 cm³/mol. The van der Waals surface area contributed by atoms with Crippen LogP contribution >= 0.6 is 0 Å². The molecule has 1 aromatic carbocycles. The van der Waals surface area contributed by atoms with Crippen molar-refractivity contribution in [3.05, 3.63) is 30.3 Å². The largest absolute Gasteiger partial charge is 0.488 e. The first-order valence-electron chi connectivity index (χ1n) is 5.21. The number of ether oxygens (including phenoxy) is 1. The maximum absolute atomic E-state index is 10.6. The van der Waals surface area contributed by atoms with Gasteiger partial charge < -0.3 is 14.3 Å². The van der Waals surface area contributed by atoms with Crippen molar-refractivity contribution in [1.29, 1.82) is 0 Å². The first-order valence-corrected chi connectivity index (χ1v) is 5.21. The van der Waals surface area contributed by atoms with E-state index in [-0.39, 0.29) is 6.54 Å². The average Bonchev–Trinajstić information content (AvgIpc) is 2.16. The summed E-state index contributed by atoms with van der Waals surface area (Å²) in [5.74, 6) is 0.0301. The summed E-state index contributed by atoms with van der Waals surface area (Å²) >= 11 is 0. The van der Waals surface area contributed by atoms with Gasteiger partial charge in [-0.1, -0.05) is 18.2 Å². The summed E-state index contributed by atoms with van der Waals surface area (Å²) in [6, 6.07) is 9.52. The number of benzene rings is 1. The van der Waals surface area contributed by atoms with E-state index in [4.69, 9.17) is 9.84 Å². The highest BCUT2D eigenvalue weighted by Gasteiger charge is 2.19. The fourth-order valence-corrected chi connectivity index (χ4v) is 1.37. The van der Waals surface area contributed by atoms with Crippen LogP contribution in [-0.4, -0.2) is 49.4 Å². The maximum Gasteiger partial charge on any atom is 0.359 e. The lowest BCUT2D eigenvalue weighted by Crippen LogP contribution is -2.46. The highest BCUT2D eigenvalue weighted by molar-refractivity contribution is 5.67. The number of para-hydroxylation sites is 1. The molecule has 0 spiro atoms. The standard InChI is InChI=1S/C12H17NO3/c1-13(2,10-12(14)15)8-9-16-11-6-4-3-5-7-11/h3-7H,8-10H2,1-2H3/p+1. The summed E-state index contributed by atoms with van der Waals surface area (Å²) in [7, 11) is 3.75. The average molecular weight is 224 g/mol. The third kappa shape index (κ3) is 4.79. The third-order valence-electron chi connectivity index (χ3n) is 2.27. The molecule has 1 rings (SSSR count). The number of carboxylic acids is 1. The zero-order valence-corrected chi connectivity index (χ0v) is 9.72. The van der Waals surface area contributed by atoms with Crippen molar-refractivity contribution in [2.75, 3.05) is 33.8 Å². The van der Waals surface area contributed by atoms with E-state index >= 15 is 0 Å². The zero-order valence-electron chi connectivity index (χ0n) is 9.72. The number of likely N-dealkylation sites (N-methyl/N-ethyl adjacent to an activating group) is 1. The molecule has 0 unspecified atom stereocenters. The molecule has 0 aliphatic rings. The summed E-state index contributed by atoms with van der Waals surface area (Å²) in [5, 5.41) is 8.71. The predicted octanol–water partition coefficient (Wildman–Crippen LogP) is 1.23. The normalized spacial score (nSPS) is 11.1. The number of aliphatic carboxylic acids is 1. The Kier molecular flexibility index (Phi) is 4.31. The van der Waals surface area contributed by atoms with Crippen LogP contribution in [0.1, 0.15) is 0 Å². The van der Waals surface area contributed by atoms with Crippen LogP contribution in [0.4, 0.5) is 0 Å². The molecule has 0 atom stereocenters. The van der Waals surface area contributed by atoms with E-state index < -0.39 is 5.97 Å². The van der Waals surface area contributed by atoms with E-state index in [1.807, 2.05) is 44.4 Å². The van der Waals surface area contributed by atoms with E-state index in [0.717, 1.165) is 5.75 Å². The van der Waals surface area contributed by atoms with Gasteiger partial charge in [-0.2, -0.15) is 0 Å². The lowest BCUT2D eigenvalue weighted by Gasteiger charge is -2.27. The van der Waals surface area contributed by atoms with Gasteiger partial charge >= 0.3 is 5.97 Å². The molecule has 16 heavy (non-hydrogen) atoms. The first kappa shape index (κ1) is 12.5. The Bertz CT molecular complexity index is 335. The topological polar surface area (TPSA) is 46.5 Å². The molecule has 0 amide bonds. The zero-order chi connectivity index (χ0) is 12.0. The van der Waals surface area contributed by atoms with Gasteiger partial charge in [-0.25, -0.2) is 4.79 Å². The number of hydrogen-bond acceptors (Lipinski definition) is 2. The highest BCUT2D eigenvalue weighted by atomic mass is 16.5. The smallest absolute Gasteiger partial charge is 0.359 e. The number of carboxylic acid groups (broad SMARTS) is 1. The molecule has 1 N–H and O–H groups in total. The van der Waals surface area contributed by atoms with E-state index in [2.05, 4.69) is 0 Å². The van der Waals surface area contributed by atoms with Crippen molar-refractivity contribution in [2.45, 2.75) is 0 Å². The van der Waals surface area contributed by atoms with Crippen LogP contribution in [0.2, 0.25) is 0 Å². The van der Waals surface area contributed by atoms with E-state index in [1.165, 1.54) is 0 Å². The van der Waals surface area contributed by atoms with Crippen LogP contribution in [0.5, 0.6) is 5.75 Å². The Morgan fingerprint density at radius 2 is 1.94 bits per heavy atom. The minimum Gasteiger partial charge on any atom is -0.488 e. The quantitative estimate of drug-likeness (QED) is 0.739. The molecular formula is C12H18NO3+. The van der Waals surface area contributed by atoms with Crippen LogP contribution in [-0.2, 0) is 4.79 Å². The monoisotopic (exact) mass is 224 g/mol. The lowest BCUT2D eigenvalue weighted by atomic mass is 10.3. The van der Waals surface area contributed by atoms with E-state index in [0.29, 0.717) is 17.6 Å². The fourth-order valence-electron chi connectivity index (χ4n) is 1.37. The van der Waals surface area contributed by atoms with Crippen molar-refractivity contribution in [3.63, 3.8) is 0 Å². The van der Waals surface area contributed by atoms with Gasteiger partial charge in [-0.3, -0.25) is 0 Å². The number of hydrogen-bond donors (Lipinski definition) is 1. The number of rotatable bonds is 6. The van der Waals surface area contributed by atoms with Gasteiger partial charge in [0.1, 0.15) is 18.9 Å². The van der Waals surface area contributed by atoms with Gasteiger partial charge in [0.25, 0.3) is 0 Å². The van der Waals surface area contributed by atoms with Gasteiger partial charge in [0.15, 0.2) is 6.54 Å². The third-order valence-corrected chi connectivity index (χ3v) is 2.27. The Labute approximate surface area is 95.7 Å². The van der Waals surface area contributed by atoms with Crippen LogP contribution in [0.15, 0.2) is 30.3 Å². The summed E-state index contributed by atoms with van der Waals surface area (Å²) < 4.78 is 5.93. The van der Waals surface area contributed by atoms with Gasteiger partial charge in [0.2, 0.25) is 0 Å². The minimum atomic E-state index is -0.787. The maximum atomic E-state index is 10.6. The van der Waals surface area contributed by atoms with Crippen molar-refractivity contribution >= 4 is 5.97 Å². The highest BCUT2D eigenvalue weighted by Crippen LogP contribution is 2.08. The molecule has 0 saturated heterocycles. The summed E-state index contributed by atoms with van der Waals surface area (Å²) in [6.07, 6.45) is 0. The van der Waals surface area contributed by atoms with Gasteiger partial charge in [0, 0.05) is 0 Å². The molecule has 1 aromatic rings. The molecule has 4 nitrogen and oxygen atoms in total. The second kappa shape index (κ2) is 5.51. The summed E-state index contributed by atoms with van der Waals surface area (Å²) in [6.45, 7) is 1.30. The Morgan fingerprint density at radius 1 is 1.31 bits per heavy atom. The van der Waals surface area contributed by atoms with Gasteiger partial charge in [0.05, 0.1) is 14.1 Å². The molecule has 88 valence electrons. The van der Waals surface area contributed by atoms with Crippen molar-refractivity contribution in [3.8, 4) is 5.75 Å². The van der Waals surface area contributed by atoms with Crippen molar-refractivity contribution < 1.29 is 19.1 Å². The van der Waals surface area contributed by atoms with E-state index in [1.54, 1.807) is 0 Å². The van der Waals surface area contributed by atoms with E-state index in [9.17, 15) is 4.79 Å². The molecule has 4 heteroatoms. The molecule has 0 aliphatic carbocycles. The molecule has 0 saturated carbocycles. The Morgan fingerprint density at radius 3 is 2.50 bits per heavy atom. The molecule has 0 radical (unpaired) electrons. The van der Waals surface area contributed by atoms with Crippen LogP contribution in [0.25, 0.3) is 0 Å². The Hall–Kier alpha value is -1.55. The van der Waals surface area contributed by atoms with Crippen molar-refractivity contribution in [2.24, 2.45) is 0 Å². The van der Waals surface area contributed by atoms with Crippen LogP contribution < -0.4 is 4.74 Å². The van der Waals surface area contributed by atoms with Gasteiger partial charge in [-0.05, 0) is 12.1 Å². The molecule has 0 aliphatic heterocycles. The summed E-state index contributed by atoms with van der Waals surface area (Å²) in [4.78, 5) is 10.6. The number of carbonyl (C=O) groups is 1. The molecule has 0 aromatic heterocycles. The second-order valence-electron chi connectivity index (χ2n) is 4.37. The number of nitrogens with zero attached hydrogens (tertiary/aromatic N) is 1. The summed E-state index contributed by atoms with van der Waals surface area (Å²) in [5.41, 5.74) is 0. The van der Waals surface area contributed by atoms with Crippen molar-refractivity contribution in [1.82, 2.24) is 0 Å². The fraction of sp³-hybridized carbons (Fsp3) is 0.417. The van der Waals surface area contributed by atoms with Crippen LogP contribution in [0, 0.1) is 0 Å². The first-order chi connectivity index (χ1) is 7.49. The van der Waals surface area contributed by atoms with Crippen LogP contribution in [0.3, 0.4) is 0 Å². The molecule has 0 fully saturated rings. The Balaban J connectivity index is 2.32. The second-order valence-corrected chi connectivity index (χ2v) is 4.37. The molecule has 0 heterocycles.